The van der Waals surface area contributed by atoms with Gasteiger partial charge in [-0.15, -0.1) is 4.58 Å². The van der Waals surface area contributed by atoms with Gasteiger partial charge in [-0.2, -0.15) is 4.79 Å². The van der Waals surface area contributed by atoms with Gasteiger partial charge in [-0.05, 0) is 67.5 Å². The topological polar surface area (TPSA) is 104 Å². The normalized spacial score (nSPS) is 17.9. The SMILES string of the molecule is CC[N+](=C=O)c1ccc2c(c1)CCc1cc(C(=O)N(C)C)ccc1C2(C[C@H](C)N)C(=O)O. The Kier molecular flexibility index (Phi) is 6.63. The zero-order valence-electron chi connectivity index (χ0n) is 19.0. The maximum Gasteiger partial charge on any atom is 0.430 e. The molecule has 1 unspecified atom stereocenters. The third-order valence-corrected chi connectivity index (χ3v) is 6.16. The molecule has 7 nitrogen and oxygen atoms in total. The van der Waals surface area contributed by atoms with E-state index < -0.39 is 11.4 Å². The summed E-state index contributed by atoms with van der Waals surface area (Å²) < 4.78 is 1.46. The number of nitrogens with two attached hydrogens (primary N) is 1. The van der Waals surface area contributed by atoms with Crippen molar-refractivity contribution in [2.75, 3.05) is 20.6 Å². The number of benzene rings is 2. The molecule has 7 heteroatoms. The maximum atomic E-state index is 12.9. The molecule has 3 rings (SSSR count). The number of carbonyl (C=O) groups is 2. The quantitative estimate of drug-likeness (QED) is 0.412. The Morgan fingerprint density at radius 2 is 1.75 bits per heavy atom. The molecule has 1 aliphatic rings. The first kappa shape index (κ1) is 23.4. The Labute approximate surface area is 188 Å². The highest BCUT2D eigenvalue weighted by molar-refractivity contribution is 5.95. The molecule has 2 aromatic carbocycles. The summed E-state index contributed by atoms with van der Waals surface area (Å²) >= 11 is 0. The number of aryl methyl sites for hydroxylation is 2. The van der Waals surface area contributed by atoms with Crippen LogP contribution in [0.3, 0.4) is 0 Å². The summed E-state index contributed by atoms with van der Waals surface area (Å²) in [4.78, 5) is 38.3. The van der Waals surface area contributed by atoms with Gasteiger partial charge in [-0.3, -0.25) is 9.59 Å². The highest BCUT2D eigenvalue weighted by Gasteiger charge is 2.47. The second kappa shape index (κ2) is 9.07. The van der Waals surface area contributed by atoms with Gasteiger partial charge in [-0.25, -0.2) is 0 Å². The minimum Gasteiger partial charge on any atom is -0.480 e. The Morgan fingerprint density at radius 1 is 1.16 bits per heavy atom. The lowest BCUT2D eigenvalue weighted by Crippen LogP contribution is -2.42. The van der Waals surface area contributed by atoms with Crippen LogP contribution in [0, 0.1) is 0 Å². The molecule has 2 atom stereocenters. The van der Waals surface area contributed by atoms with Crippen LogP contribution in [-0.4, -0.2) is 59.2 Å². The minimum atomic E-state index is -1.35. The minimum absolute atomic E-state index is 0.134. The van der Waals surface area contributed by atoms with Crippen molar-refractivity contribution >= 4 is 23.6 Å². The van der Waals surface area contributed by atoms with Gasteiger partial charge in [-0.1, -0.05) is 12.1 Å². The van der Waals surface area contributed by atoms with Crippen LogP contribution in [0.2, 0.25) is 0 Å². The van der Waals surface area contributed by atoms with Crippen LogP contribution >= 0.6 is 0 Å². The van der Waals surface area contributed by atoms with E-state index in [0.717, 1.165) is 11.1 Å². The second-order valence-electron chi connectivity index (χ2n) is 8.64. The maximum absolute atomic E-state index is 12.9. The van der Waals surface area contributed by atoms with E-state index in [1.807, 2.05) is 19.1 Å². The van der Waals surface area contributed by atoms with Crippen molar-refractivity contribution in [1.29, 1.82) is 0 Å². The lowest BCUT2D eigenvalue weighted by Gasteiger charge is -2.34. The number of fused-ring (bicyclic) bond motifs is 2. The summed E-state index contributed by atoms with van der Waals surface area (Å²) in [7, 11) is 3.37. The first-order chi connectivity index (χ1) is 15.1. The van der Waals surface area contributed by atoms with Crippen molar-refractivity contribution in [3.8, 4) is 0 Å². The van der Waals surface area contributed by atoms with Crippen molar-refractivity contribution < 1.29 is 24.1 Å². The van der Waals surface area contributed by atoms with Crippen molar-refractivity contribution in [1.82, 2.24) is 4.90 Å². The second-order valence-corrected chi connectivity index (χ2v) is 8.64. The van der Waals surface area contributed by atoms with Gasteiger partial charge in [0.25, 0.3) is 5.91 Å². The van der Waals surface area contributed by atoms with Crippen molar-refractivity contribution in [3.63, 3.8) is 0 Å². The summed E-state index contributed by atoms with van der Waals surface area (Å²) in [5.74, 6) is -1.11. The van der Waals surface area contributed by atoms with Crippen LogP contribution in [0.5, 0.6) is 0 Å². The van der Waals surface area contributed by atoms with E-state index in [1.165, 1.54) is 9.48 Å². The number of carboxylic acid groups (broad SMARTS) is 1. The molecule has 0 aromatic heterocycles. The molecule has 32 heavy (non-hydrogen) atoms. The van der Waals surface area contributed by atoms with E-state index in [-0.39, 0.29) is 18.4 Å². The lowest BCUT2D eigenvalue weighted by atomic mass is 9.68. The third kappa shape index (κ3) is 3.97. The summed E-state index contributed by atoms with van der Waals surface area (Å²) in [5, 5.41) is 10.6. The van der Waals surface area contributed by atoms with Crippen LogP contribution in [0.15, 0.2) is 36.4 Å². The number of aliphatic carboxylic acids is 1. The molecule has 0 aliphatic heterocycles. The fourth-order valence-electron chi connectivity index (χ4n) is 4.71. The fourth-order valence-corrected chi connectivity index (χ4v) is 4.71. The number of carbonyl (C=O) groups excluding carboxylic acids is 2. The number of rotatable bonds is 6. The van der Waals surface area contributed by atoms with Crippen LogP contribution in [-0.2, 0) is 27.8 Å². The average Bonchev–Trinajstić information content (AvgIpc) is 2.88. The Hall–Kier alpha value is -3.28. The van der Waals surface area contributed by atoms with E-state index in [0.29, 0.717) is 41.8 Å². The molecule has 0 spiro atoms. The number of hydrogen-bond acceptors (Lipinski definition) is 4. The number of carboxylic acids is 1. The average molecular weight is 437 g/mol. The summed E-state index contributed by atoms with van der Waals surface area (Å²) in [6, 6.07) is 10.3. The van der Waals surface area contributed by atoms with Crippen LogP contribution in [0.25, 0.3) is 0 Å². The number of isocyanates is 1. The first-order valence-corrected chi connectivity index (χ1v) is 10.8. The summed E-state index contributed by atoms with van der Waals surface area (Å²) in [5.41, 5.74) is 9.04. The van der Waals surface area contributed by atoms with Gasteiger partial charge in [0, 0.05) is 37.8 Å². The summed E-state index contributed by atoms with van der Waals surface area (Å²) in [6.45, 7) is 4.11. The van der Waals surface area contributed by atoms with Gasteiger partial charge in [0.1, 0.15) is 5.41 Å². The Balaban J connectivity index is 2.30. The van der Waals surface area contributed by atoms with Crippen LogP contribution < -0.4 is 5.73 Å². The van der Waals surface area contributed by atoms with Crippen molar-refractivity contribution in [2.45, 2.75) is 44.6 Å². The first-order valence-electron chi connectivity index (χ1n) is 10.8. The van der Waals surface area contributed by atoms with E-state index in [4.69, 9.17) is 5.73 Å². The smallest absolute Gasteiger partial charge is 0.430 e. The van der Waals surface area contributed by atoms with E-state index >= 15 is 0 Å². The third-order valence-electron chi connectivity index (χ3n) is 6.16. The molecule has 2 aromatic rings. The zero-order valence-corrected chi connectivity index (χ0v) is 19.0. The van der Waals surface area contributed by atoms with Crippen molar-refractivity contribution in [3.05, 3.63) is 64.2 Å². The van der Waals surface area contributed by atoms with Gasteiger partial charge in [0.15, 0.2) is 6.54 Å². The van der Waals surface area contributed by atoms with E-state index in [2.05, 4.69) is 0 Å². The van der Waals surface area contributed by atoms with Gasteiger partial charge >= 0.3 is 12.0 Å². The molecular formula is C25H30N3O4+. The number of amides is 1. The van der Waals surface area contributed by atoms with Crippen LogP contribution in [0.4, 0.5) is 5.69 Å². The highest BCUT2D eigenvalue weighted by atomic mass is 16.4. The van der Waals surface area contributed by atoms with Crippen LogP contribution in [0.1, 0.15) is 52.9 Å². The number of hydrogen-bond donors (Lipinski definition) is 2. The zero-order chi connectivity index (χ0) is 23.6. The predicted molar refractivity (Wildman–Crippen MR) is 121 cm³/mol. The fraction of sp³-hybridized carbons (Fsp3) is 0.400. The molecule has 0 saturated carbocycles. The molecular weight excluding hydrogens is 406 g/mol. The highest BCUT2D eigenvalue weighted by Crippen LogP contribution is 2.44. The Bertz CT molecular complexity index is 1120. The lowest BCUT2D eigenvalue weighted by molar-refractivity contribution is -0.433. The molecule has 0 saturated heterocycles. The molecule has 168 valence electrons. The van der Waals surface area contributed by atoms with Crippen molar-refractivity contribution in [2.24, 2.45) is 5.73 Å². The molecule has 0 heterocycles. The molecule has 0 fully saturated rings. The van der Waals surface area contributed by atoms with Gasteiger partial charge in [0.05, 0.1) is 0 Å². The van der Waals surface area contributed by atoms with Gasteiger partial charge in [0.2, 0.25) is 5.69 Å². The van der Waals surface area contributed by atoms with Gasteiger partial charge < -0.3 is 15.7 Å². The number of nitrogens with zero attached hydrogens (tertiary/aromatic N) is 2. The largest absolute Gasteiger partial charge is 0.480 e. The molecule has 1 amide bonds. The van der Waals surface area contributed by atoms with E-state index in [9.17, 15) is 19.5 Å². The monoisotopic (exact) mass is 436 g/mol. The summed E-state index contributed by atoms with van der Waals surface area (Å²) in [6.07, 6.45) is 3.29. The molecule has 0 bridgehead atoms. The molecule has 0 radical (unpaired) electrons. The van der Waals surface area contributed by atoms with E-state index in [1.54, 1.807) is 51.4 Å². The standard InChI is InChI=1S/C25H29N3O4/c1-5-28(15-29)20-9-11-22-18(13-20)7-6-17-12-19(23(30)27(3)4)8-10-21(17)25(22,24(31)32)14-16(2)26/h8-13,16H,5-7,14,26H2,1-4H3/p+1/t16-,25?/m0/s1. The molecule has 3 N–H and O–H groups in total. The predicted octanol–water partition coefficient (Wildman–Crippen LogP) is 2.59. The molecule has 1 aliphatic carbocycles. The Morgan fingerprint density at radius 3 is 2.25 bits per heavy atom.